The second-order valence-corrected chi connectivity index (χ2v) is 17.1. The zero-order chi connectivity index (χ0) is 40.7. The minimum atomic E-state index is -0.526. The first-order valence-corrected chi connectivity index (χ1v) is 25.2. The molecule has 56 heavy (non-hydrogen) atoms. The van der Waals surface area contributed by atoms with E-state index in [0.717, 1.165) is 32.1 Å². The molecule has 0 radical (unpaired) electrons. The Labute approximate surface area is 350 Å². The van der Waals surface area contributed by atoms with Crippen LogP contribution in [0.25, 0.3) is 0 Å². The number of carbonyl (C=O) groups excluding carboxylic acids is 2. The molecule has 0 saturated carbocycles. The van der Waals surface area contributed by atoms with Gasteiger partial charge in [0.25, 0.3) is 0 Å². The molecule has 1 atom stereocenters. The van der Waals surface area contributed by atoms with Gasteiger partial charge in [-0.1, -0.05) is 232 Å². The van der Waals surface area contributed by atoms with E-state index in [0.29, 0.717) is 26.1 Å². The van der Waals surface area contributed by atoms with Crippen molar-refractivity contribution in [1.82, 2.24) is 0 Å². The van der Waals surface area contributed by atoms with Crippen molar-refractivity contribution in [3.8, 4) is 0 Å². The van der Waals surface area contributed by atoms with E-state index in [4.69, 9.17) is 14.2 Å². The fourth-order valence-corrected chi connectivity index (χ4v) is 7.51. The molecule has 332 valence electrons. The molecule has 0 saturated heterocycles. The van der Waals surface area contributed by atoms with Crippen molar-refractivity contribution in [1.29, 1.82) is 0 Å². The lowest BCUT2D eigenvalue weighted by Gasteiger charge is -2.18. The summed E-state index contributed by atoms with van der Waals surface area (Å²) in [6.45, 7) is 7.85. The van der Waals surface area contributed by atoms with Crippen molar-refractivity contribution in [3.05, 3.63) is 12.2 Å². The molecule has 0 amide bonds. The van der Waals surface area contributed by atoms with Crippen LogP contribution < -0.4 is 0 Å². The highest BCUT2D eigenvalue weighted by molar-refractivity contribution is 5.70. The van der Waals surface area contributed by atoms with Gasteiger partial charge in [0.2, 0.25) is 0 Å². The van der Waals surface area contributed by atoms with Gasteiger partial charge < -0.3 is 14.2 Å². The first-order chi connectivity index (χ1) is 27.6. The molecule has 0 heterocycles. The Morgan fingerprint density at radius 3 is 1.09 bits per heavy atom. The zero-order valence-corrected chi connectivity index (χ0v) is 38.2. The SMILES string of the molecule is CCCCCCCC/C=C\CCCCCCCCCCOCC(COC(=O)CCCCCCCCCCCCCCC)OC(=O)CCCCCCCCCCC. The summed E-state index contributed by atoms with van der Waals surface area (Å²) in [5.74, 6) is -0.383. The number of unbranched alkanes of at least 4 members (excludes halogenated alkanes) is 34. The number of allylic oxidation sites excluding steroid dienone is 2. The van der Waals surface area contributed by atoms with Gasteiger partial charge in [0, 0.05) is 19.4 Å². The number of rotatable bonds is 47. The first-order valence-electron chi connectivity index (χ1n) is 25.2. The predicted octanol–water partition coefficient (Wildman–Crippen LogP) is 16.7. The highest BCUT2D eigenvalue weighted by atomic mass is 16.6. The molecule has 0 aromatic rings. The van der Waals surface area contributed by atoms with E-state index in [9.17, 15) is 9.59 Å². The molecular formula is C51H98O5. The summed E-state index contributed by atoms with van der Waals surface area (Å²) >= 11 is 0. The normalized spacial score (nSPS) is 12.1. The lowest BCUT2D eigenvalue weighted by molar-refractivity contribution is -0.163. The smallest absolute Gasteiger partial charge is 0.306 e. The van der Waals surface area contributed by atoms with E-state index >= 15 is 0 Å². The zero-order valence-electron chi connectivity index (χ0n) is 38.2. The van der Waals surface area contributed by atoms with Crippen LogP contribution in [0.1, 0.15) is 278 Å². The molecule has 5 heteroatoms. The van der Waals surface area contributed by atoms with Gasteiger partial charge in [-0.05, 0) is 44.9 Å². The molecule has 0 aromatic heterocycles. The van der Waals surface area contributed by atoms with Crippen LogP contribution in [0.5, 0.6) is 0 Å². The minimum absolute atomic E-state index is 0.0930. The number of esters is 2. The van der Waals surface area contributed by atoms with Gasteiger partial charge in [-0.2, -0.15) is 0 Å². The third kappa shape index (κ3) is 45.3. The Bertz CT molecular complexity index is 810. The molecule has 0 bridgehead atoms. The molecule has 0 aliphatic rings. The van der Waals surface area contributed by atoms with E-state index in [2.05, 4.69) is 32.9 Å². The predicted molar refractivity (Wildman–Crippen MR) is 242 cm³/mol. The topological polar surface area (TPSA) is 61.8 Å². The van der Waals surface area contributed by atoms with Crippen LogP contribution in [0.3, 0.4) is 0 Å². The van der Waals surface area contributed by atoms with Gasteiger partial charge in [-0.3, -0.25) is 9.59 Å². The van der Waals surface area contributed by atoms with Crippen molar-refractivity contribution in [2.24, 2.45) is 0 Å². The molecule has 0 aromatic carbocycles. The number of ether oxygens (including phenoxy) is 3. The third-order valence-electron chi connectivity index (χ3n) is 11.3. The van der Waals surface area contributed by atoms with E-state index in [-0.39, 0.29) is 18.5 Å². The molecule has 0 fully saturated rings. The Morgan fingerprint density at radius 2 is 0.696 bits per heavy atom. The fraction of sp³-hybridized carbons (Fsp3) is 0.922. The summed E-state index contributed by atoms with van der Waals surface area (Å²) in [6, 6.07) is 0. The van der Waals surface area contributed by atoms with Gasteiger partial charge in [0.1, 0.15) is 6.61 Å². The van der Waals surface area contributed by atoms with Crippen molar-refractivity contribution < 1.29 is 23.8 Å². The van der Waals surface area contributed by atoms with Gasteiger partial charge in [-0.25, -0.2) is 0 Å². The molecule has 0 spiro atoms. The van der Waals surface area contributed by atoms with Crippen LogP contribution in [-0.4, -0.2) is 37.9 Å². The van der Waals surface area contributed by atoms with Gasteiger partial charge in [0.05, 0.1) is 6.61 Å². The maximum absolute atomic E-state index is 12.7. The highest BCUT2D eigenvalue weighted by Gasteiger charge is 2.17. The van der Waals surface area contributed by atoms with Crippen molar-refractivity contribution in [2.45, 2.75) is 284 Å². The standard InChI is InChI=1S/C51H98O5/c1-4-7-10-13-16-19-21-23-24-25-26-27-29-31-34-37-40-43-46-54-47-49(56-51(53)45-42-39-36-32-18-15-12-9-6-3)48-55-50(52)44-41-38-35-33-30-28-22-20-17-14-11-8-5-2/h23-24,49H,4-22,25-48H2,1-3H3/b24-23-. The molecule has 0 N–H and O–H groups in total. The van der Waals surface area contributed by atoms with Gasteiger partial charge >= 0.3 is 11.9 Å². The van der Waals surface area contributed by atoms with Crippen LogP contribution in [0.15, 0.2) is 12.2 Å². The van der Waals surface area contributed by atoms with E-state index in [1.807, 2.05) is 0 Å². The lowest BCUT2D eigenvalue weighted by atomic mass is 10.0. The van der Waals surface area contributed by atoms with Crippen LogP contribution in [0.2, 0.25) is 0 Å². The van der Waals surface area contributed by atoms with E-state index in [1.165, 1.54) is 212 Å². The number of hydrogen-bond acceptors (Lipinski definition) is 5. The molecule has 0 rings (SSSR count). The number of hydrogen-bond donors (Lipinski definition) is 0. The second-order valence-electron chi connectivity index (χ2n) is 17.1. The number of carbonyl (C=O) groups is 2. The van der Waals surface area contributed by atoms with Crippen LogP contribution in [-0.2, 0) is 23.8 Å². The summed E-state index contributed by atoms with van der Waals surface area (Å²) in [7, 11) is 0. The first kappa shape index (κ1) is 54.6. The van der Waals surface area contributed by atoms with Crippen molar-refractivity contribution in [3.63, 3.8) is 0 Å². The molecular weight excluding hydrogens is 693 g/mol. The largest absolute Gasteiger partial charge is 0.462 e. The third-order valence-corrected chi connectivity index (χ3v) is 11.3. The Morgan fingerprint density at radius 1 is 0.375 bits per heavy atom. The molecule has 5 nitrogen and oxygen atoms in total. The summed E-state index contributed by atoms with van der Waals surface area (Å²) in [6.07, 6.45) is 53.6. The van der Waals surface area contributed by atoms with Gasteiger partial charge in [-0.15, -0.1) is 0 Å². The monoisotopic (exact) mass is 791 g/mol. The van der Waals surface area contributed by atoms with E-state index < -0.39 is 6.10 Å². The highest BCUT2D eigenvalue weighted by Crippen LogP contribution is 2.15. The summed E-state index contributed by atoms with van der Waals surface area (Å²) in [5, 5.41) is 0. The summed E-state index contributed by atoms with van der Waals surface area (Å²) < 4.78 is 17.4. The van der Waals surface area contributed by atoms with E-state index in [1.54, 1.807) is 0 Å². The summed E-state index contributed by atoms with van der Waals surface area (Å²) in [5.41, 5.74) is 0. The van der Waals surface area contributed by atoms with Crippen LogP contribution in [0, 0.1) is 0 Å². The molecule has 0 aliphatic heterocycles. The average molecular weight is 791 g/mol. The fourth-order valence-electron chi connectivity index (χ4n) is 7.51. The summed E-state index contributed by atoms with van der Waals surface area (Å²) in [4.78, 5) is 25.2. The van der Waals surface area contributed by atoms with Crippen LogP contribution in [0.4, 0.5) is 0 Å². The molecule has 1 unspecified atom stereocenters. The average Bonchev–Trinajstić information content (AvgIpc) is 3.20. The van der Waals surface area contributed by atoms with Crippen molar-refractivity contribution in [2.75, 3.05) is 19.8 Å². The van der Waals surface area contributed by atoms with Gasteiger partial charge in [0.15, 0.2) is 6.10 Å². The minimum Gasteiger partial charge on any atom is -0.462 e. The Hall–Kier alpha value is -1.36. The van der Waals surface area contributed by atoms with Crippen LogP contribution >= 0.6 is 0 Å². The second kappa shape index (κ2) is 48.0. The maximum atomic E-state index is 12.7. The van der Waals surface area contributed by atoms with Crippen molar-refractivity contribution >= 4 is 11.9 Å². The Kier molecular flexibility index (Phi) is 46.8. The molecule has 0 aliphatic carbocycles. The lowest BCUT2D eigenvalue weighted by Crippen LogP contribution is -2.30. The maximum Gasteiger partial charge on any atom is 0.306 e. The quantitative estimate of drug-likeness (QED) is 0.0349. The Balaban J connectivity index is 4.13.